The Balaban J connectivity index is 2.37. The molecule has 0 aliphatic heterocycles. The smallest absolute Gasteiger partial charge is 0.240 e. The lowest BCUT2D eigenvalue weighted by Crippen LogP contribution is -1.86. The van der Waals surface area contributed by atoms with Gasteiger partial charge in [0.25, 0.3) is 0 Å². The van der Waals surface area contributed by atoms with E-state index in [4.69, 9.17) is 27.9 Å². The molecule has 18 heavy (non-hydrogen) atoms. The van der Waals surface area contributed by atoms with Crippen LogP contribution in [-0.2, 0) is 4.79 Å². The van der Waals surface area contributed by atoms with Crippen molar-refractivity contribution in [3.05, 3.63) is 52.5 Å². The number of para-hydroxylation sites is 1. The van der Waals surface area contributed by atoms with Gasteiger partial charge in [-0.3, -0.25) is 0 Å². The van der Waals surface area contributed by atoms with Crippen molar-refractivity contribution >= 4 is 35.0 Å². The van der Waals surface area contributed by atoms with Gasteiger partial charge in [0.1, 0.15) is 5.75 Å². The van der Waals surface area contributed by atoms with Gasteiger partial charge in [0.05, 0.1) is 15.7 Å². The number of nitrogens with zero attached hydrogens (tertiary/aromatic N) is 1. The molecule has 0 radical (unpaired) electrons. The van der Waals surface area contributed by atoms with Gasteiger partial charge in [-0.2, -0.15) is 4.99 Å². The molecule has 0 N–H and O–H groups in total. The Bertz CT molecular complexity index is 585. The molecular weight excluding hydrogens is 273 g/mol. The molecule has 2 rings (SSSR count). The number of hydrogen-bond donors (Lipinski definition) is 0. The van der Waals surface area contributed by atoms with E-state index in [1.165, 1.54) is 18.2 Å². The summed E-state index contributed by atoms with van der Waals surface area (Å²) in [5.74, 6) is 0.947. The number of aliphatic imine (C=N–C) groups is 1. The van der Waals surface area contributed by atoms with Gasteiger partial charge in [-0.25, -0.2) is 4.79 Å². The Labute approximate surface area is 114 Å². The maximum Gasteiger partial charge on any atom is 0.240 e. The van der Waals surface area contributed by atoms with E-state index >= 15 is 0 Å². The van der Waals surface area contributed by atoms with Crippen molar-refractivity contribution < 1.29 is 9.53 Å². The van der Waals surface area contributed by atoms with Crippen LogP contribution < -0.4 is 4.74 Å². The molecule has 2 aromatic rings. The fourth-order valence-corrected chi connectivity index (χ4v) is 1.92. The van der Waals surface area contributed by atoms with Crippen LogP contribution in [0.5, 0.6) is 11.5 Å². The Kier molecular flexibility index (Phi) is 4.00. The highest BCUT2D eigenvalue weighted by molar-refractivity contribution is 6.37. The number of isocyanates is 1. The fraction of sp³-hybridized carbons (Fsp3) is 0. The summed E-state index contributed by atoms with van der Waals surface area (Å²) in [4.78, 5) is 13.6. The van der Waals surface area contributed by atoms with Crippen LogP contribution in [0.2, 0.25) is 10.0 Å². The molecule has 0 saturated heterocycles. The molecule has 0 saturated carbocycles. The SMILES string of the molecule is O=C=Nc1cc(Cl)c(Oc2ccccc2)c(Cl)c1. The first kappa shape index (κ1) is 12.7. The van der Waals surface area contributed by atoms with E-state index in [1.54, 1.807) is 12.1 Å². The summed E-state index contributed by atoms with van der Waals surface area (Å²) in [6.07, 6.45) is 1.42. The zero-order chi connectivity index (χ0) is 13.0. The number of benzene rings is 2. The fourth-order valence-electron chi connectivity index (χ4n) is 1.37. The first-order chi connectivity index (χ1) is 8.70. The predicted octanol–water partition coefficient (Wildman–Crippen LogP) is 4.75. The zero-order valence-electron chi connectivity index (χ0n) is 9.06. The van der Waals surface area contributed by atoms with Crippen molar-refractivity contribution in [1.29, 1.82) is 0 Å². The van der Waals surface area contributed by atoms with Crippen LogP contribution in [0.3, 0.4) is 0 Å². The van der Waals surface area contributed by atoms with Crippen molar-refractivity contribution in [1.82, 2.24) is 0 Å². The van der Waals surface area contributed by atoms with Crippen molar-refractivity contribution in [3.8, 4) is 11.5 Å². The molecule has 5 heteroatoms. The maximum atomic E-state index is 10.2. The van der Waals surface area contributed by atoms with Crippen LogP contribution in [0.4, 0.5) is 5.69 Å². The third-order valence-corrected chi connectivity index (χ3v) is 2.68. The molecule has 90 valence electrons. The molecule has 0 spiro atoms. The van der Waals surface area contributed by atoms with E-state index in [-0.39, 0.29) is 10.0 Å². The van der Waals surface area contributed by atoms with Crippen LogP contribution in [0.1, 0.15) is 0 Å². The predicted molar refractivity (Wildman–Crippen MR) is 70.8 cm³/mol. The topological polar surface area (TPSA) is 38.7 Å². The molecule has 0 bridgehead atoms. The number of carbonyl (C=O) groups excluding carboxylic acids is 1. The second-order valence-corrected chi connectivity index (χ2v) is 4.17. The summed E-state index contributed by atoms with van der Waals surface area (Å²) in [7, 11) is 0. The highest BCUT2D eigenvalue weighted by atomic mass is 35.5. The van der Waals surface area contributed by atoms with Gasteiger partial charge in [0.2, 0.25) is 6.08 Å². The first-order valence-electron chi connectivity index (χ1n) is 5.00. The van der Waals surface area contributed by atoms with Crippen LogP contribution in [-0.4, -0.2) is 6.08 Å². The number of ether oxygens (including phenoxy) is 1. The molecule has 0 unspecified atom stereocenters. The van der Waals surface area contributed by atoms with Crippen molar-refractivity contribution in [3.63, 3.8) is 0 Å². The average molecular weight is 280 g/mol. The molecule has 0 aromatic heterocycles. The lowest BCUT2D eigenvalue weighted by molar-refractivity contribution is 0.483. The van der Waals surface area contributed by atoms with Gasteiger partial charge >= 0.3 is 0 Å². The summed E-state index contributed by atoms with van der Waals surface area (Å²) in [6.45, 7) is 0. The normalized spacial score (nSPS) is 9.67. The van der Waals surface area contributed by atoms with Crippen molar-refractivity contribution in [2.75, 3.05) is 0 Å². The number of rotatable bonds is 3. The average Bonchev–Trinajstić information content (AvgIpc) is 2.36. The summed E-state index contributed by atoms with van der Waals surface area (Å²) >= 11 is 12.0. The van der Waals surface area contributed by atoms with Gasteiger partial charge in [0, 0.05) is 0 Å². The zero-order valence-corrected chi connectivity index (χ0v) is 10.6. The summed E-state index contributed by atoms with van der Waals surface area (Å²) in [5.41, 5.74) is 0.334. The third-order valence-electron chi connectivity index (χ3n) is 2.12. The molecule has 0 fully saturated rings. The van der Waals surface area contributed by atoms with E-state index in [0.29, 0.717) is 17.2 Å². The monoisotopic (exact) mass is 279 g/mol. The molecule has 0 aliphatic carbocycles. The minimum Gasteiger partial charge on any atom is -0.454 e. The quantitative estimate of drug-likeness (QED) is 0.601. The van der Waals surface area contributed by atoms with Crippen molar-refractivity contribution in [2.24, 2.45) is 4.99 Å². The summed E-state index contributed by atoms with van der Waals surface area (Å²) in [6, 6.07) is 12.1. The van der Waals surface area contributed by atoms with E-state index in [2.05, 4.69) is 4.99 Å². The van der Waals surface area contributed by atoms with E-state index in [1.807, 2.05) is 18.2 Å². The molecule has 0 aliphatic rings. The largest absolute Gasteiger partial charge is 0.454 e. The van der Waals surface area contributed by atoms with Gasteiger partial charge in [-0.05, 0) is 24.3 Å². The van der Waals surface area contributed by atoms with Crippen LogP contribution in [0.15, 0.2) is 47.5 Å². The lowest BCUT2D eigenvalue weighted by atomic mass is 10.3. The second kappa shape index (κ2) is 5.69. The van der Waals surface area contributed by atoms with Crippen LogP contribution in [0.25, 0.3) is 0 Å². The molecular formula is C13H7Cl2NO2. The third kappa shape index (κ3) is 2.90. The molecule has 0 atom stereocenters. The Hall–Kier alpha value is -1.80. The maximum absolute atomic E-state index is 10.2. The van der Waals surface area contributed by atoms with E-state index in [9.17, 15) is 4.79 Å². The van der Waals surface area contributed by atoms with Gasteiger partial charge in [-0.1, -0.05) is 41.4 Å². The minimum absolute atomic E-state index is 0.278. The Morgan fingerprint density at radius 3 is 2.22 bits per heavy atom. The van der Waals surface area contributed by atoms with E-state index < -0.39 is 0 Å². The first-order valence-corrected chi connectivity index (χ1v) is 5.76. The molecule has 0 heterocycles. The molecule has 0 amide bonds. The van der Waals surface area contributed by atoms with E-state index in [0.717, 1.165) is 0 Å². The molecule has 3 nitrogen and oxygen atoms in total. The summed E-state index contributed by atoms with van der Waals surface area (Å²) in [5, 5.41) is 0.556. The van der Waals surface area contributed by atoms with Crippen LogP contribution in [0, 0.1) is 0 Å². The van der Waals surface area contributed by atoms with Gasteiger partial charge in [-0.15, -0.1) is 0 Å². The van der Waals surface area contributed by atoms with Gasteiger partial charge in [0.15, 0.2) is 5.75 Å². The highest BCUT2D eigenvalue weighted by Gasteiger charge is 2.10. The Morgan fingerprint density at radius 1 is 1.06 bits per heavy atom. The van der Waals surface area contributed by atoms with Crippen LogP contribution >= 0.6 is 23.2 Å². The summed E-state index contributed by atoms with van der Waals surface area (Å²) < 4.78 is 5.57. The van der Waals surface area contributed by atoms with Gasteiger partial charge < -0.3 is 4.74 Å². The van der Waals surface area contributed by atoms with Crippen molar-refractivity contribution in [2.45, 2.75) is 0 Å². The standard InChI is InChI=1S/C13H7Cl2NO2/c14-11-6-9(16-8-17)7-12(15)13(11)18-10-4-2-1-3-5-10/h1-7H. The number of hydrogen-bond acceptors (Lipinski definition) is 3. The Morgan fingerprint density at radius 2 is 1.67 bits per heavy atom. The number of halogens is 2. The highest BCUT2D eigenvalue weighted by Crippen LogP contribution is 2.39. The second-order valence-electron chi connectivity index (χ2n) is 3.36. The molecule has 2 aromatic carbocycles. The minimum atomic E-state index is 0.278. The lowest BCUT2D eigenvalue weighted by Gasteiger charge is -2.09.